The first-order chi connectivity index (χ1) is 7.54. The summed E-state index contributed by atoms with van der Waals surface area (Å²) in [5.41, 5.74) is 7.42. The molecule has 2 rings (SSSR count). The molecule has 0 aliphatic heterocycles. The Hall–Kier alpha value is -1.27. The van der Waals surface area contributed by atoms with Gasteiger partial charge in [0.15, 0.2) is 0 Å². The predicted octanol–water partition coefficient (Wildman–Crippen LogP) is 1.86. The average Bonchev–Trinajstić information content (AvgIpc) is 2.84. The Bertz CT molecular complexity index is 444. The molecule has 2 heterocycles. The lowest BCUT2D eigenvalue weighted by Gasteiger charge is -2.16. The van der Waals surface area contributed by atoms with Crippen LogP contribution in [0.1, 0.15) is 26.2 Å². The van der Waals surface area contributed by atoms with Crippen LogP contribution in [0.25, 0.3) is 10.7 Å². The Morgan fingerprint density at radius 2 is 2.31 bits per heavy atom. The summed E-state index contributed by atoms with van der Waals surface area (Å²) >= 11 is 1.49. The van der Waals surface area contributed by atoms with Crippen LogP contribution in [0.15, 0.2) is 16.2 Å². The van der Waals surface area contributed by atoms with E-state index in [2.05, 4.69) is 15.1 Å². The number of nitrogens with two attached hydrogens (primary N) is 1. The summed E-state index contributed by atoms with van der Waals surface area (Å²) in [6, 6.07) is 0. The average molecular weight is 238 g/mol. The highest BCUT2D eigenvalue weighted by Gasteiger charge is 2.14. The minimum atomic E-state index is -0.209. The lowest BCUT2D eigenvalue weighted by Crippen LogP contribution is -2.32. The van der Waals surface area contributed by atoms with Crippen molar-refractivity contribution in [2.45, 2.75) is 32.2 Å². The molecule has 0 radical (unpaired) electrons. The van der Waals surface area contributed by atoms with Crippen LogP contribution in [-0.2, 0) is 6.42 Å². The maximum absolute atomic E-state index is 5.89. The van der Waals surface area contributed by atoms with Gasteiger partial charge in [0.2, 0.25) is 11.7 Å². The number of aryl methyl sites for hydroxylation is 1. The van der Waals surface area contributed by atoms with Gasteiger partial charge >= 0.3 is 0 Å². The SMILES string of the molecule is CC(C)(N)CCc1nc(-c2cncs2)no1. The topological polar surface area (TPSA) is 77.8 Å². The summed E-state index contributed by atoms with van der Waals surface area (Å²) in [6.07, 6.45) is 3.25. The summed E-state index contributed by atoms with van der Waals surface area (Å²) in [6.45, 7) is 3.96. The van der Waals surface area contributed by atoms with Crippen molar-refractivity contribution in [2.24, 2.45) is 5.73 Å². The Balaban J connectivity index is 2.03. The molecule has 86 valence electrons. The molecular formula is C10H14N4OS. The van der Waals surface area contributed by atoms with Gasteiger partial charge in [0, 0.05) is 18.2 Å². The zero-order valence-corrected chi connectivity index (χ0v) is 10.1. The van der Waals surface area contributed by atoms with E-state index in [1.165, 1.54) is 11.3 Å². The number of thiazole rings is 1. The van der Waals surface area contributed by atoms with Gasteiger partial charge in [0.05, 0.1) is 10.4 Å². The molecule has 2 N–H and O–H groups in total. The molecule has 0 aromatic carbocycles. The lowest BCUT2D eigenvalue weighted by atomic mass is 10.0. The zero-order chi connectivity index (χ0) is 11.6. The molecule has 5 nitrogen and oxygen atoms in total. The highest BCUT2D eigenvalue weighted by molar-refractivity contribution is 7.13. The fourth-order valence-electron chi connectivity index (χ4n) is 1.21. The highest BCUT2D eigenvalue weighted by atomic mass is 32.1. The second-order valence-corrected chi connectivity index (χ2v) is 5.25. The van der Waals surface area contributed by atoms with Crippen LogP contribution < -0.4 is 5.73 Å². The molecule has 0 amide bonds. The van der Waals surface area contributed by atoms with Crippen molar-refractivity contribution in [3.8, 4) is 10.7 Å². The van der Waals surface area contributed by atoms with Crippen LogP contribution in [0, 0.1) is 0 Å². The van der Waals surface area contributed by atoms with Crippen LogP contribution in [0.2, 0.25) is 0 Å². The number of aromatic nitrogens is 3. The maximum atomic E-state index is 5.89. The summed E-state index contributed by atoms with van der Waals surface area (Å²) in [5, 5.41) is 3.90. The number of rotatable bonds is 4. The van der Waals surface area contributed by atoms with E-state index in [9.17, 15) is 0 Å². The third kappa shape index (κ3) is 2.86. The molecule has 0 unspecified atom stereocenters. The van der Waals surface area contributed by atoms with Crippen molar-refractivity contribution >= 4 is 11.3 Å². The van der Waals surface area contributed by atoms with Crippen molar-refractivity contribution in [3.63, 3.8) is 0 Å². The van der Waals surface area contributed by atoms with E-state index in [1.807, 2.05) is 13.8 Å². The van der Waals surface area contributed by atoms with E-state index in [4.69, 9.17) is 10.3 Å². The Morgan fingerprint density at radius 1 is 1.50 bits per heavy atom. The van der Waals surface area contributed by atoms with Crippen molar-refractivity contribution < 1.29 is 4.52 Å². The second-order valence-electron chi connectivity index (χ2n) is 4.37. The minimum absolute atomic E-state index is 0.209. The molecule has 0 saturated carbocycles. The van der Waals surface area contributed by atoms with E-state index < -0.39 is 0 Å². The predicted molar refractivity (Wildman–Crippen MR) is 62.0 cm³/mol. The first-order valence-electron chi connectivity index (χ1n) is 5.05. The Kier molecular flexibility index (Phi) is 3.02. The van der Waals surface area contributed by atoms with Crippen LogP contribution >= 0.6 is 11.3 Å². The van der Waals surface area contributed by atoms with Gasteiger partial charge < -0.3 is 10.3 Å². The summed E-state index contributed by atoms with van der Waals surface area (Å²) in [7, 11) is 0. The maximum Gasteiger partial charge on any atom is 0.227 e. The number of hydrogen-bond donors (Lipinski definition) is 1. The first kappa shape index (κ1) is 11.2. The molecule has 0 spiro atoms. The molecule has 2 aromatic rings. The second kappa shape index (κ2) is 4.31. The zero-order valence-electron chi connectivity index (χ0n) is 9.30. The summed E-state index contributed by atoms with van der Waals surface area (Å²) < 4.78 is 5.15. The standard InChI is InChI=1S/C10H14N4OS/c1-10(2,11)4-3-8-13-9(14-15-8)7-5-12-6-16-7/h5-6H,3-4,11H2,1-2H3. The van der Waals surface area contributed by atoms with E-state index in [1.54, 1.807) is 11.7 Å². The van der Waals surface area contributed by atoms with Crippen LogP contribution in [-0.4, -0.2) is 20.7 Å². The molecule has 0 aliphatic rings. The number of hydrogen-bond acceptors (Lipinski definition) is 6. The van der Waals surface area contributed by atoms with E-state index >= 15 is 0 Å². The van der Waals surface area contributed by atoms with Gasteiger partial charge in [0.1, 0.15) is 0 Å². The molecule has 0 bridgehead atoms. The Labute approximate surface area is 97.7 Å². The van der Waals surface area contributed by atoms with Crippen molar-refractivity contribution in [3.05, 3.63) is 17.6 Å². The molecule has 0 saturated heterocycles. The van der Waals surface area contributed by atoms with Gasteiger partial charge in [-0.3, -0.25) is 4.98 Å². The van der Waals surface area contributed by atoms with Gasteiger partial charge in [-0.25, -0.2) is 0 Å². The lowest BCUT2D eigenvalue weighted by molar-refractivity contribution is 0.358. The molecule has 2 aromatic heterocycles. The van der Waals surface area contributed by atoms with Gasteiger partial charge in [0.25, 0.3) is 0 Å². The molecule has 16 heavy (non-hydrogen) atoms. The van der Waals surface area contributed by atoms with Gasteiger partial charge in [-0.05, 0) is 20.3 Å². The smallest absolute Gasteiger partial charge is 0.227 e. The quantitative estimate of drug-likeness (QED) is 0.879. The third-order valence-corrected chi connectivity index (χ3v) is 2.87. The van der Waals surface area contributed by atoms with Crippen LogP contribution in [0.3, 0.4) is 0 Å². The third-order valence-electron chi connectivity index (χ3n) is 2.10. The fourth-order valence-corrected chi connectivity index (χ4v) is 1.76. The van der Waals surface area contributed by atoms with Gasteiger partial charge in [-0.15, -0.1) is 11.3 Å². The minimum Gasteiger partial charge on any atom is -0.339 e. The Morgan fingerprint density at radius 3 is 2.94 bits per heavy atom. The van der Waals surface area contributed by atoms with Crippen LogP contribution in [0.5, 0.6) is 0 Å². The summed E-state index contributed by atoms with van der Waals surface area (Å²) in [5.74, 6) is 1.23. The highest BCUT2D eigenvalue weighted by Crippen LogP contribution is 2.20. The first-order valence-corrected chi connectivity index (χ1v) is 5.93. The molecular weight excluding hydrogens is 224 g/mol. The number of nitrogens with zero attached hydrogens (tertiary/aromatic N) is 3. The van der Waals surface area contributed by atoms with Crippen molar-refractivity contribution in [1.82, 2.24) is 15.1 Å². The van der Waals surface area contributed by atoms with E-state index in [0.717, 1.165) is 11.3 Å². The fraction of sp³-hybridized carbons (Fsp3) is 0.500. The van der Waals surface area contributed by atoms with E-state index in [0.29, 0.717) is 18.1 Å². The molecule has 6 heteroatoms. The van der Waals surface area contributed by atoms with Crippen molar-refractivity contribution in [2.75, 3.05) is 0 Å². The van der Waals surface area contributed by atoms with Gasteiger partial charge in [-0.1, -0.05) is 5.16 Å². The van der Waals surface area contributed by atoms with Gasteiger partial charge in [-0.2, -0.15) is 4.98 Å². The monoisotopic (exact) mass is 238 g/mol. The van der Waals surface area contributed by atoms with Crippen LogP contribution in [0.4, 0.5) is 0 Å². The largest absolute Gasteiger partial charge is 0.339 e. The molecule has 0 fully saturated rings. The summed E-state index contributed by atoms with van der Waals surface area (Å²) in [4.78, 5) is 9.18. The van der Waals surface area contributed by atoms with Crippen molar-refractivity contribution in [1.29, 1.82) is 0 Å². The van der Waals surface area contributed by atoms with E-state index in [-0.39, 0.29) is 5.54 Å². The molecule has 0 atom stereocenters. The molecule has 0 aliphatic carbocycles. The normalized spacial score (nSPS) is 11.9.